The number of rotatable bonds is 10. The van der Waals surface area contributed by atoms with Gasteiger partial charge >= 0.3 is 0 Å². The summed E-state index contributed by atoms with van der Waals surface area (Å²) in [5.41, 5.74) is 0.434. The van der Waals surface area contributed by atoms with Gasteiger partial charge in [-0.05, 0) is 57.4 Å². The summed E-state index contributed by atoms with van der Waals surface area (Å²) in [7, 11) is -5.91. The van der Waals surface area contributed by atoms with E-state index in [1.807, 2.05) is 0 Å². The van der Waals surface area contributed by atoms with Gasteiger partial charge in [0.15, 0.2) is 0 Å². The highest BCUT2D eigenvalue weighted by molar-refractivity contribution is 7.89. The Labute approximate surface area is 235 Å². The Morgan fingerprint density at radius 2 is 2.00 bits per heavy atom. The minimum absolute atomic E-state index is 0.00866. The molecule has 1 aromatic carbocycles. The van der Waals surface area contributed by atoms with Gasteiger partial charge in [-0.15, -0.1) is 0 Å². The highest BCUT2D eigenvalue weighted by Crippen LogP contribution is 2.37. The molecule has 220 valence electrons. The zero-order chi connectivity index (χ0) is 28.4. The average molecular weight is 597 g/mol. The molecule has 12 nitrogen and oxygen atoms in total. The Bertz CT molecular complexity index is 1410. The fourth-order valence-corrected chi connectivity index (χ4v) is 7.57. The van der Waals surface area contributed by atoms with Crippen molar-refractivity contribution in [3.63, 3.8) is 0 Å². The third-order valence-corrected chi connectivity index (χ3v) is 11.0. The lowest BCUT2D eigenvalue weighted by Gasteiger charge is -2.38. The Morgan fingerprint density at radius 1 is 1.20 bits per heavy atom. The first kappa shape index (κ1) is 29.2. The van der Waals surface area contributed by atoms with E-state index < -0.39 is 31.8 Å². The second-order valence-electron chi connectivity index (χ2n) is 10.4. The number of aromatic nitrogens is 1. The number of aryl methyl sites for hydroxylation is 1. The zero-order valence-electron chi connectivity index (χ0n) is 22.4. The zero-order valence-corrected chi connectivity index (χ0v) is 24.0. The average Bonchev–Trinajstić information content (AvgIpc) is 3.37. The van der Waals surface area contributed by atoms with Crippen LogP contribution in [-0.2, 0) is 31.2 Å². The molecule has 0 amide bonds. The lowest BCUT2D eigenvalue weighted by atomic mass is 9.88. The number of nitrogens with one attached hydrogen (secondary N) is 2. The van der Waals surface area contributed by atoms with Crippen LogP contribution in [0.15, 0.2) is 46.3 Å². The molecule has 2 saturated heterocycles. The van der Waals surface area contributed by atoms with Gasteiger partial charge in [-0.25, -0.2) is 26.5 Å². The predicted octanol–water partition coefficient (Wildman–Crippen LogP) is 0.656. The molecule has 40 heavy (non-hydrogen) atoms. The second kappa shape index (κ2) is 11.9. The number of benzene rings is 1. The number of nitrogens with zero attached hydrogens (tertiary/aromatic N) is 2. The Hall–Kier alpha value is -2.33. The van der Waals surface area contributed by atoms with Crippen molar-refractivity contribution in [3.05, 3.63) is 42.1 Å². The fourth-order valence-electron chi connectivity index (χ4n) is 5.37. The summed E-state index contributed by atoms with van der Waals surface area (Å²) in [5, 5.41) is 13.7. The lowest BCUT2D eigenvalue weighted by molar-refractivity contribution is -0.0312. The number of sulfonamides is 2. The molecule has 3 aliphatic heterocycles. The maximum atomic E-state index is 13.3. The molecule has 1 spiro atoms. The third-order valence-electron chi connectivity index (χ3n) is 7.68. The van der Waals surface area contributed by atoms with Crippen LogP contribution in [0.3, 0.4) is 0 Å². The maximum Gasteiger partial charge on any atom is 0.244 e. The molecule has 4 heterocycles. The van der Waals surface area contributed by atoms with Crippen molar-refractivity contribution in [2.24, 2.45) is 0 Å². The topological polar surface area (TPSA) is 156 Å². The largest absolute Gasteiger partial charge is 0.491 e. The van der Waals surface area contributed by atoms with Gasteiger partial charge in [0.25, 0.3) is 0 Å². The number of hydrogen-bond donors (Lipinski definition) is 3. The lowest BCUT2D eigenvalue weighted by Crippen LogP contribution is -2.47. The van der Waals surface area contributed by atoms with Crippen molar-refractivity contribution in [3.8, 4) is 11.6 Å². The molecule has 14 heteroatoms. The van der Waals surface area contributed by atoms with Crippen molar-refractivity contribution in [2.45, 2.75) is 59.6 Å². The van der Waals surface area contributed by atoms with E-state index in [0.29, 0.717) is 50.8 Å². The van der Waals surface area contributed by atoms with E-state index in [4.69, 9.17) is 14.2 Å². The summed E-state index contributed by atoms with van der Waals surface area (Å²) >= 11 is 0. The quantitative estimate of drug-likeness (QED) is 0.356. The van der Waals surface area contributed by atoms with Gasteiger partial charge < -0.3 is 24.6 Å². The Balaban J connectivity index is 1.08. The van der Waals surface area contributed by atoms with Crippen LogP contribution in [0.5, 0.6) is 11.6 Å². The van der Waals surface area contributed by atoms with Gasteiger partial charge in [0, 0.05) is 37.3 Å². The highest BCUT2D eigenvalue weighted by Gasteiger charge is 2.45. The smallest absolute Gasteiger partial charge is 0.244 e. The van der Waals surface area contributed by atoms with Crippen LogP contribution in [0.4, 0.5) is 0 Å². The van der Waals surface area contributed by atoms with Gasteiger partial charge in [-0.3, -0.25) is 0 Å². The number of ether oxygens (including phenoxy) is 3. The molecule has 0 radical (unpaired) electrons. The molecule has 3 aliphatic rings. The van der Waals surface area contributed by atoms with Gasteiger partial charge in [0.2, 0.25) is 25.9 Å². The van der Waals surface area contributed by atoms with E-state index in [1.165, 1.54) is 29.7 Å². The van der Waals surface area contributed by atoms with Crippen molar-refractivity contribution < 1.29 is 36.2 Å². The minimum atomic E-state index is -3.66. The SMILES string of the molecule is CNS(=O)(=O)c1cccc(OCC(O)CNC2COC3(CCN(S(=O)(=O)c4cnc5c(c4)CCCO5)CC3)C2)c1. The molecular weight excluding hydrogens is 560 g/mol. The first-order chi connectivity index (χ1) is 19.1. The summed E-state index contributed by atoms with van der Waals surface area (Å²) in [6.45, 7) is 2.06. The van der Waals surface area contributed by atoms with E-state index in [-0.39, 0.29) is 29.0 Å². The molecule has 2 fully saturated rings. The van der Waals surface area contributed by atoms with E-state index >= 15 is 0 Å². The van der Waals surface area contributed by atoms with E-state index in [0.717, 1.165) is 24.8 Å². The van der Waals surface area contributed by atoms with Crippen molar-refractivity contribution in [1.29, 1.82) is 0 Å². The van der Waals surface area contributed by atoms with E-state index in [1.54, 1.807) is 18.2 Å². The number of hydrogen-bond acceptors (Lipinski definition) is 10. The van der Waals surface area contributed by atoms with Crippen molar-refractivity contribution >= 4 is 20.0 Å². The molecule has 2 atom stereocenters. The third kappa shape index (κ3) is 6.43. The monoisotopic (exact) mass is 596 g/mol. The van der Waals surface area contributed by atoms with Crippen LogP contribution >= 0.6 is 0 Å². The van der Waals surface area contributed by atoms with Crippen molar-refractivity contribution in [1.82, 2.24) is 19.3 Å². The summed E-state index contributed by atoms with van der Waals surface area (Å²) < 4.78 is 71.5. The number of aliphatic hydroxyl groups is 1. The van der Waals surface area contributed by atoms with Crippen molar-refractivity contribution in [2.75, 3.05) is 46.5 Å². The van der Waals surface area contributed by atoms with Crippen LogP contribution in [0, 0.1) is 0 Å². The van der Waals surface area contributed by atoms with Gasteiger partial charge in [-0.1, -0.05) is 6.07 Å². The number of aliphatic hydroxyl groups excluding tert-OH is 1. The Morgan fingerprint density at radius 3 is 2.77 bits per heavy atom. The first-order valence-electron chi connectivity index (χ1n) is 13.4. The van der Waals surface area contributed by atoms with E-state index in [9.17, 15) is 21.9 Å². The summed E-state index contributed by atoms with van der Waals surface area (Å²) in [6.07, 6.45) is 4.06. The van der Waals surface area contributed by atoms with Gasteiger partial charge in [0.05, 0.1) is 29.9 Å². The fraction of sp³-hybridized carbons (Fsp3) is 0.577. The molecule has 3 N–H and O–H groups in total. The number of piperidine rings is 1. The summed E-state index contributed by atoms with van der Waals surface area (Å²) in [5.74, 6) is 0.867. The summed E-state index contributed by atoms with van der Waals surface area (Å²) in [6, 6.07) is 7.79. The Kier molecular flexibility index (Phi) is 8.66. The van der Waals surface area contributed by atoms with E-state index in [2.05, 4.69) is 15.0 Å². The molecule has 2 unspecified atom stereocenters. The van der Waals surface area contributed by atoms with Crippen LogP contribution in [-0.4, -0.2) is 95.5 Å². The molecule has 0 saturated carbocycles. The van der Waals surface area contributed by atoms with Crippen LogP contribution in [0.25, 0.3) is 0 Å². The van der Waals surface area contributed by atoms with Crippen LogP contribution < -0.4 is 19.5 Å². The molecule has 5 rings (SSSR count). The minimum Gasteiger partial charge on any atom is -0.491 e. The molecule has 0 aliphatic carbocycles. The first-order valence-corrected chi connectivity index (χ1v) is 16.4. The number of fused-ring (bicyclic) bond motifs is 1. The predicted molar refractivity (Wildman–Crippen MR) is 145 cm³/mol. The standard InChI is InChI=1S/C26H36N4O8S2/c1-27-39(32,33)23-6-2-5-22(13-23)37-18-21(31)15-28-20-14-26(38-17-20)7-9-30(10-8-26)40(34,35)24-12-19-4-3-11-36-25(19)29-16-24/h2,5-6,12-13,16,20-21,27-28,31H,3-4,7-11,14-15,17-18H2,1H3. The molecule has 1 aromatic heterocycles. The molecular formula is C26H36N4O8S2. The van der Waals surface area contributed by atoms with Crippen LogP contribution in [0.2, 0.25) is 0 Å². The van der Waals surface area contributed by atoms with Gasteiger partial charge in [-0.2, -0.15) is 4.31 Å². The van der Waals surface area contributed by atoms with Gasteiger partial charge in [0.1, 0.15) is 23.4 Å². The maximum absolute atomic E-state index is 13.3. The van der Waals surface area contributed by atoms with Crippen LogP contribution in [0.1, 0.15) is 31.2 Å². The molecule has 0 bridgehead atoms. The summed E-state index contributed by atoms with van der Waals surface area (Å²) in [4.78, 5) is 4.51. The number of pyridine rings is 1. The normalized spacial score (nSPS) is 22.0. The highest BCUT2D eigenvalue weighted by atomic mass is 32.2. The molecule has 2 aromatic rings. The second-order valence-corrected chi connectivity index (χ2v) is 14.3.